The van der Waals surface area contributed by atoms with Crippen LogP contribution in [0.4, 0.5) is 0 Å². The summed E-state index contributed by atoms with van der Waals surface area (Å²) < 4.78 is 0.818. The van der Waals surface area contributed by atoms with Crippen molar-refractivity contribution in [3.05, 3.63) is 0 Å². The summed E-state index contributed by atoms with van der Waals surface area (Å²) in [5.74, 6) is -6.55. The van der Waals surface area contributed by atoms with Crippen LogP contribution in [-0.4, -0.2) is 35.7 Å². The molecular formula is C10H10NO7+. The van der Waals surface area contributed by atoms with E-state index >= 15 is 0 Å². The Hall–Kier alpha value is -2.77. The Morgan fingerprint density at radius 2 is 1.06 bits per heavy atom. The summed E-state index contributed by atoms with van der Waals surface area (Å²) >= 11 is 0. The molecule has 0 aliphatic heterocycles. The van der Waals surface area contributed by atoms with Crippen molar-refractivity contribution >= 4 is 10.9 Å². The van der Waals surface area contributed by atoms with Crippen LogP contribution in [0.25, 0.3) is 10.9 Å². The van der Waals surface area contributed by atoms with Gasteiger partial charge in [0.15, 0.2) is 11.5 Å². The van der Waals surface area contributed by atoms with Crippen molar-refractivity contribution in [3.8, 4) is 40.4 Å². The van der Waals surface area contributed by atoms with Gasteiger partial charge in [0.2, 0.25) is 17.2 Å². The summed E-state index contributed by atoms with van der Waals surface area (Å²) in [6, 6.07) is 0. The minimum Gasteiger partial charge on any atom is -0.503 e. The molecule has 1 aromatic heterocycles. The highest BCUT2D eigenvalue weighted by atomic mass is 16.4. The van der Waals surface area contributed by atoms with Crippen molar-refractivity contribution in [1.29, 1.82) is 0 Å². The molecule has 0 atom stereocenters. The van der Waals surface area contributed by atoms with Gasteiger partial charge in [0.1, 0.15) is 12.4 Å². The molecule has 0 saturated heterocycles. The van der Waals surface area contributed by atoms with Crippen molar-refractivity contribution in [2.45, 2.75) is 0 Å². The van der Waals surface area contributed by atoms with Crippen LogP contribution in [0.1, 0.15) is 0 Å². The highest BCUT2D eigenvalue weighted by molar-refractivity contribution is 5.98. The van der Waals surface area contributed by atoms with E-state index in [1.165, 1.54) is 7.05 Å². The Morgan fingerprint density at radius 1 is 0.611 bits per heavy atom. The second-order valence-electron chi connectivity index (χ2n) is 3.70. The smallest absolute Gasteiger partial charge is 0.413 e. The number of fused-ring (bicyclic) bond motifs is 1. The van der Waals surface area contributed by atoms with E-state index in [2.05, 4.69) is 0 Å². The molecule has 0 radical (unpaired) electrons. The Bertz CT molecular complexity index is 567. The summed E-state index contributed by atoms with van der Waals surface area (Å²) in [5.41, 5.74) is -0.365. The van der Waals surface area contributed by atoms with Gasteiger partial charge in [-0.3, -0.25) is 0 Å². The van der Waals surface area contributed by atoms with E-state index < -0.39 is 45.8 Å². The fourth-order valence-electron chi connectivity index (χ4n) is 1.73. The van der Waals surface area contributed by atoms with Crippen molar-refractivity contribution in [3.63, 3.8) is 0 Å². The van der Waals surface area contributed by atoms with E-state index in [1.807, 2.05) is 0 Å². The van der Waals surface area contributed by atoms with Gasteiger partial charge in [0, 0.05) is 0 Å². The van der Waals surface area contributed by atoms with Crippen molar-refractivity contribution < 1.29 is 40.3 Å². The van der Waals surface area contributed by atoms with Gasteiger partial charge in [0.05, 0.1) is 0 Å². The molecular weight excluding hydrogens is 246 g/mol. The van der Waals surface area contributed by atoms with Crippen LogP contribution in [-0.2, 0) is 7.05 Å². The number of benzene rings is 1. The minimum atomic E-state index is -1.06. The third-order valence-electron chi connectivity index (χ3n) is 2.70. The lowest BCUT2D eigenvalue weighted by Gasteiger charge is -2.09. The number of hydrogen-bond acceptors (Lipinski definition) is 7. The molecule has 7 N–H and O–H groups in total. The van der Waals surface area contributed by atoms with Gasteiger partial charge < -0.3 is 35.7 Å². The lowest BCUT2D eigenvalue weighted by Crippen LogP contribution is -2.29. The zero-order chi connectivity index (χ0) is 13.8. The molecule has 0 aliphatic carbocycles. The first-order valence-corrected chi connectivity index (χ1v) is 4.71. The van der Waals surface area contributed by atoms with Gasteiger partial charge >= 0.3 is 5.88 Å². The molecule has 96 valence electrons. The summed E-state index contributed by atoms with van der Waals surface area (Å²) in [6.07, 6.45) is 0. The minimum absolute atomic E-state index is 0.365. The molecule has 2 aromatic rings. The molecule has 0 spiro atoms. The molecule has 18 heavy (non-hydrogen) atoms. The van der Waals surface area contributed by atoms with Gasteiger partial charge in [-0.25, -0.2) is 0 Å². The first-order valence-electron chi connectivity index (χ1n) is 4.71. The molecule has 0 amide bonds. The summed E-state index contributed by atoms with van der Waals surface area (Å²) in [5, 5.41) is 65.9. The number of phenolic OH excluding ortho intramolecular Hbond substituents is 4. The SMILES string of the molecule is C[n+]1c(O)c(O)c(O)c2c(O)c(O)c(O)c(O)c21. The average Bonchev–Trinajstić information content (AvgIpc) is 2.35. The Morgan fingerprint density at radius 3 is 1.61 bits per heavy atom. The zero-order valence-electron chi connectivity index (χ0n) is 9.08. The third kappa shape index (κ3) is 1.16. The maximum atomic E-state index is 9.64. The van der Waals surface area contributed by atoms with Crippen molar-refractivity contribution in [2.24, 2.45) is 7.05 Å². The van der Waals surface area contributed by atoms with E-state index in [0.717, 1.165) is 4.57 Å². The maximum Gasteiger partial charge on any atom is 0.413 e. The van der Waals surface area contributed by atoms with Gasteiger partial charge in [-0.1, -0.05) is 0 Å². The van der Waals surface area contributed by atoms with Gasteiger partial charge in [-0.2, -0.15) is 4.57 Å². The van der Waals surface area contributed by atoms with E-state index in [4.69, 9.17) is 0 Å². The highest BCUT2D eigenvalue weighted by Crippen LogP contribution is 2.52. The summed E-state index contributed by atoms with van der Waals surface area (Å²) in [7, 11) is 1.20. The molecule has 0 bridgehead atoms. The predicted molar refractivity (Wildman–Crippen MR) is 56.8 cm³/mol. The van der Waals surface area contributed by atoms with Crippen LogP contribution < -0.4 is 4.57 Å². The number of hydrogen-bond donors (Lipinski definition) is 7. The average molecular weight is 256 g/mol. The number of aromatic nitrogens is 1. The Kier molecular flexibility index (Phi) is 2.18. The number of phenols is 4. The zero-order valence-corrected chi connectivity index (χ0v) is 9.08. The molecule has 2 rings (SSSR count). The first-order chi connectivity index (χ1) is 8.29. The van der Waals surface area contributed by atoms with Crippen LogP contribution in [0.2, 0.25) is 0 Å². The number of aromatic hydroxyl groups is 7. The first kappa shape index (κ1) is 11.7. The second-order valence-corrected chi connectivity index (χ2v) is 3.70. The fraction of sp³-hybridized carbons (Fsp3) is 0.100. The van der Waals surface area contributed by atoms with Crippen molar-refractivity contribution in [2.75, 3.05) is 0 Å². The lowest BCUT2D eigenvalue weighted by molar-refractivity contribution is -0.652. The third-order valence-corrected chi connectivity index (χ3v) is 2.70. The summed E-state index contributed by atoms with van der Waals surface area (Å²) in [4.78, 5) is 0. The summed E-state index contributed by atoms with van der Waals surface area (Å²) in [6.45, 7) is 0. The van der Waals surface area contributed by atoms with E-state index in [1.54, 1.807) is 0 Å². The molecule has 0 saturated carbocycles. The van der Waals surface area contributed by atoms with Crippen LogP contribution in [0.3, 0.4) is 0 Å². The highest BCUT2D eigenvalue weighted by Gasteiger charge is 2.32. The number of pyridine rings is 1. The van der Waals surface area contributed by atoms with E-state index in [0.29, 0.717) is 0 Å². The molecule has 0 fully saturated rings. The molecule has 8 nitrogen and oxygen atoms in total. The van der Waals surface area contributed by atoms with Gasteiger partial charge in [0.25, 0.3) is 11.3 Å². The molecule has 8 heteroatoms. The van der Waals surface area contributed by atoms with Gasteiger partial charge in [-0.05, 0) is 0 Å². The number of rotatable bonds is 0. The Balaban J connectivity index is 3.22. The van der Waals surface area contributed by atoms with E-state index in [9.17, 15) is 35.7 Å². The molecule has 1 heterocycles. The lowest BCUT2D eigenvalue weighted by atomic mass is 10.1. The standard InChI is InChI=1S/C10H9NO7/c1-11-3-2(5(13)9(17)10(11)18)4(12)7(15)8(16)6(3)14/h1H3,(H6,12,13,14,15,16,17,18)/p+1. The van der Waals surface area contributed by atoms with E-state index in [-0.39, 0.29) is 5.52 Å². The number of nitrogens with zero attached hydrogens (tertiary/aromatic N) is 1. The fourth-order valence-corrected chi connectivity index (χ4v) is 1.73. The normalized spacial score (nSPS) is 10.9. The molecule has 1 aromatic carbocycles. The van der Waals surface area contributed by atoms with Gasteiger partial charge in [-0.15, -0.1) is 0 Å². The molecule has 0 unspecified atom stereocenters. The maximum absolute atomic E-state index is 9.64. The largest absolute Gasteiger partial charge is 0.503 e. The van der Waals surface area contributed by atoms with Crippen LogP contribution >= 0.6 is 0 Å². The van der Waals surface area contributed by atoms with Crippen LogP contribution in [0, 0.1) is 0 Å². The second kappa shape index (κ2) is 3.36. The van der Waals surface area contributed by atoms with Crippen LogP contribution in [0.5, 0.6) is 40.4 Å². The molecule has 0 aliphatic rings. The quantitative estimate of drug-likeness (QED) is 0.193. The number of aryl methyl sites for hydroxylation is 1. The topological polar surface area (TPSA) is 145 Å². The predicted octanol–water partition coefficient (Wildman–Crippen LogP) is -0.397. The van der Waals surface area contributed by atoms with Crippen LogP contribution in [0.15, 0.2) is 0 Å². The van der Waals surface area contributed by atoms with Crippen molar-refractivity contribution in [1.82, 2.24) is 0 Å². The monoisotopic (exact) mass is 256 g/mol. The Labute approximate surface area is 99.5 Å².